The number of hydrogen-bond donors (Lipinski definition) is 0. The molecule has 2 aliphatic heterocycles. The van der Waals surface area contributed by atoms with E-state index in [2.05, 4.69) is 9.84 Å². The number of alkyl halides is 3. The van der Waals surface area contributed by atoms with Gasteiger partial charge in [0.25, 0.3) is 0 Å². The largest absolute Gasteiger partial charge is 0.573 e. The molecule has 0 radical (unpaired) electrons. The number of rotatable bonds is 3. The predicted octanol–water partition coefficient (Wildman–Crippen LogP) is 4.81. The summed E-state index contributed by atoms with van der Waals surface area (Å²) in [6.07, 6.45) is -3.56. The number of carbonyl (C=O) groups excluding carboxylic acids is 1. The van der Waals surface area contributed by atoms with E-state index in [0.717, 1.165) is 25.0 Å². The first-order chi connectivity index (χ1) is 15.3. The standard InChI is InChI=1S/C22H26F4N4O3/c1-13-18(23)19(27-30(13)14-7-9-17(10-8-14)32-22(24,25)26)28-11-15-5-6-16(12-28)29(15)20(31)33-21(2,3)4/h7-10,15-16H,5-6,11-12H2,1-4H3. The summed E-state index contributed by atoms with van der Waals surface area (Å²) >= 11 is 0. The van der Waals surface area contributed by atoms with Gasteiger partial charge in [0.15, 0.2) is 11.6 Å². The third kappa shape index (κ3) is 4.86. The smallest absolute Gasteiger partial charge is 0.444 e. The molecule has 1 amide bonds. The van der Waals surface area contributed by atoms with Crippen molar-refractivity contribution in [2.45, 2.75) is 64.6 Å². The molecule has 0 aliphatic carbocycles. The minimum absolute atomic E-state index is 0.109. The third-order valence-electron chi connectivity index (χ3n) is 5.73. The Balaban J connectivity index is 1.53. The second kappa shape index (κ2) is 8.11. The van der Waals surface area contributed by atoms with Crippen molar-refractivity contribution in [1.82, 2.24) is 14.7 Å². The fraction of sp³-hybridized carbons (Fsp3) is 0.545. The number of piperazine rings is 1. The van der Waals surface area contributed by atoms with Crippen LogP contribution in [0, 0.1) is 12.7 Å². The first-order valence-corrected chi connectivity index (χ1v) is 10.7. The van der Waals surface area contributed by atoms with E-state index in [4.69, 9.17) is 4.74 Å². The molecule has 2 atom stereocenters. The number of benzene rings is 1. The van der Waals surface area contributed by atoms with Crippen molar-refractivity contribution in [2.75, 3.05) is 18.0 Å². The van der Waals surface area contributed by atoms with Crippen LogP contribution in [0.25, 0.3) is 5.69 Å². The van der Waals surface area contributed by atoms with Gasteiger partial charge in [-0.25, -0.2) is 13.9 Å². The summed E-state index contributed by atoms with van der Waals surface area (Å²) in [7, 11) is 0. The number of hydrogen-bond acceptors (Lipinski definition) is 5. The lowest BCUT2D eigenvalue weighted by atomic mass is 10.2. The molecule has 180 valence electrons. The van der Waals surface area contributed by atoms with E-state index >= 15 is 4.39 Å². The van der Waals surface area contributed by atoms with Gasteiger partial charge >= 0.3 is 12.5 Å². The second-order valence-corrected chi connectivity index (χ2v) is 9.35. The second-order valence-electron chi connectivity index (χ2n) is 9.35. The highest BCUT2D eigenvalue weighted by atomic mass is 19.4. The number of anilines is 1. The highest BCUT2D eigenvalue weighted by Crippen LogP contribution is 2.35. The topological polar surface area (TPSA) is 59.8 Å². The molecule has 33 heavy (non-hydrogen) atoms. The summed E-state index contributed by atoms with van der Waals surface area (Å²) in [5.74, 6) is -0.716. The van der Waals surface area contributed by atoms with Crippen LogP contribution in [0.5, 0.6) is 5.75 Å². The number of fused-ring (bicyclic) bond motifs is 2. The molecule has 2 aromatic rings. The molecule has 0 saturated carbocycles. The first-order valence-electron chi connectivity index (χ1n) is 10.7. The van der Waals surface area contributed by atoms with Crippen molar-refractivity contribution in [3.05, 3.63) is 35.8 Å². The molecule has 0 N–H and O–H groups in total. The molecule has 1 aromatic carbocycles. The number of amides is 1. The zero-order valence-electron chi connectivity index (χ0n) is 18.8. The maximum absolute atomic E-state index is 15.1. The Hall–Kier alpha value is -2.98. The fourth-order valence-electron chi connectivity index (χ4n) is 4.40. The summed E-state index contributed by atoms with van der Waals surface area (Å²) in [6.45, 7) is 7.83. The van der Waals surface area contributed by atoms with Crippen LogP contribution in [0.15, 0.2) is 24.3 Å². The van der Waals surface area contributed by atoms with Crippen molar-refractivity contribution in [3.63, 3.8) is 0 Å². The molecule has 1 aromatic heterocycles. The van der Waals surface area contributed by atoms with Crippen LogP contribution in [-0.2, 0) is 4.74 Å². The molecule has 3 heterocycles. The van der Waals surface area contributed by atoms with Gasteiger partial charge in [-0.2, -0.15) is 0 Å². The van der Waals surface area contributed by atoms with Crippen LogP contribution in [0.1, 0.15) is 39.3 Å². The Bertz CT molecular complexity index is 1020. The number of aromatic nitrogens is 2. The van der Waals surface area contributed by atoms with Gasteiger partial charge in [0.05, 0.1) is 23.5 Å². The SMILES string of the molecule is Cc1c(F)c(N2CC3CCC(C2)N3C(=O)OC(C)(C)C)nn1-c1ccc(OC(F)(F)F)cc1. The normalized spacial score (nSPS) is 20.8. The molecule has 2 aliphatic rings. The van der Waals surface area contributed by atoms with Gasteiger partial charge in [-0.05, 0) is 64.8 Å². The van der Waals surface area contributed by atoms with Gasteiger partial charge in [-0.3, -0.25) is 4.90 Å². The Morgan fingerprint density at radius 1 is 1.06 bits per heavy atom. The van der Waals surface area contributed by atoms with E-state index in [-0.39, 0.29) is 35.4 Å². The molecular formula is C22H26F4N4O3. The van der Waals surface area contributed by atoms with Gasteiger partial charge in [-0.1, -0.05) is 0 Å². The molecule has 4 rings (SSSR count). The first kappa shape index (κ1) is 23.2. The average molecular weight is 470 g/mol. The monoisotopic (exact) mass is 470 g/mol. The Kier molecular flexibility index (Phi) is 5.69. The Morgan fingerprint density at radius 2 is 1.64 bits per heavy atom. The summed E-state index contributed by atoms with van der Waals surface area (Å²) in [6, 6.07) is 4.86. The molecule has 11 heteroatoms. The lowest BCUT2D eigenvalue weighted by Crippen LogP contribution is -2.57. The lowest BCUT2D eigenvalue weighted by Gasteiger charge is -2.41. The van der Waals surface area contributed by atoms with Crippen molar-refractivity contribution in [1.29, 1.82) is 0 Å². The van der Waals surface area contributed by atoms with Crippen LogP contribution < -0.4 is 9.64 Å². The predicted molar refractivity (Wildman–Crippen MR) is 112 cm³/mol. The van der Waals surface area contributed by atoms with Gasteiger partial charge in [-0.15, -0.1) is 18.3 Å². The maximum atomic E-state index is 15.1. The van der Waals surface area contributed by atoms with Crippen LogP contribution in [-0.4, -0.2) is 57.9 Å². The molecule has 2 unspecified atom stereocenters. The molecule has 7 nitrogen and oxygen atoms in total. The molecular weight excluding hydrogens is 444 g/mol. The van der Waals surface area contributed by atoms with Gasteiger partial charge in [0.1, 0.15) is 11.4 Å². The third-order valence-corrected chi connectivity index (χ3v) is 5.73. The van der Waals surface area contributed by atoms with E-state index < -0.39 is 17.8 Å². The van der Waals surface area contributed by atoms with Crippen molar-refractivity contribution < 1.29 is 31.8 Å². The van der Waals surface area contributed by atoms with Crippen LogP contribution in [0.4, 0.5) is 28.2 Å². The van der Waals surface area contributed by atoms with Crippen molar-refractivity contribution >= 4 is 11.9 Å². The zero-order chi connectivity index (χ0) is 24.1. The number of carbonyl (C=O) groups is 1. The minimum Gasteiger partial charge on any atom is -0.444 e. The quantitative estimate of drug-likeness (QED) is 0.603. The van der Waals surface area contributed by atoms with Gasteiger partial charge < -0.3 is 14.4 Å². The van der Waals surface area contributed by atoms with E-state index in [1.807, 2.05) is 25.7 Å². The average Bonchev–Trinajstić information content (AvgIpc) is 3.13. The Labute approximate surface area is 188 Å². The molecule has 2 fully saturated rings. The van der Waals surface area contributed by atoms with Gasteiger partial charge in [0.2, 0.25) is 0 Å². The fourth-order valence-corrected chi connectivity index (χ4v) is 4.40. The summed E-state index contributed by atoms with van der Waals surface area (Å²) < 4.78 is 63.1. The van der Waals surface area contributed by atoms with E-state index in [0.29, 0.717) is 18.8 Å². The van der Waals surface area contributed by atoms with E-state index in [1.165, 1.54) is 16.8 Å². The van der Waals surface area contributed by atoms with Gasteiger partial charge in [0, 0.05) is 13.1 Å². The number of halogens is 4. The maximum Gasteiger partial charge on any atom is 0.573 e. The molecule has 0 spiro atoms. The molecule has 2 saturated heterocycles. The van der Waals surface area contributed by atoms with Crippen molar-refractivity contribution in [3.8, 4) is 11.4 Å². The van der Waals surface area contributed by atoms with Crippen LogP contribution in [0.3, 0.4) is 0 Å². The highest BCUT2D eigenvalue weighted by Gasteiger charge is 2.45. The Morgan fingerprint density at radius 3 is 2.15 bits per heavy atom. The van der Waals surface area contributed by atoms with Crippen LogP contribution >= 0.6 is 0 Å². The summed E-state index contributed by atoms with van der Waals surface area (Å²) in [5, 5.41) is 4.40. The summed E-state index contributed by atoms with van der Waals surface area (Å²) in [4.78, 5) is 16.2. The number of nitrogens with zero attached hydrogens (tertiary/aromatic N) is 4. The van der Waals surface area contributed by atoms with Crippen molar-refractivity contribution in [2.24, 2.45) is 0 Å². The zero-order valence-corrected chi connectivity index (χ0v) is 18.8. The molecule has 2 bridgehead atoms. The minimum atomic E-state index is -4.79. The highest BCUT2D eigenvalue weighted by molar-refractivity contribution is 5.70. The van der Waals surface area contributed by atoms with Crippen LogP contribution in [0.2, 0.25) is 0 Å². The summed E-state index contributed by atoms with van der Waals surface area (Å²) in [5.41, 5.74) is 0.0371. The van der Waals surface area contributed by atoms with E-state index in [9.17, 15) is 18.0 Å². The van der Waals surface area contributed by atoms with E-state index in [1.54, 1.807) is 11.8 Å². The lowest BCUT2D eigenvalue weighted by molar-refractivity contribution is -0.274. The number of ether oxygens (including phenoxy) is 2.